The molecule has 0 spiro atoms. The molecule has 0 N–H and O–H groups in total. The summed E-state index contributed by atoms with van der Waals surface area (Å²) < 4.78 is 31.4. The maximum atomic E-state index is 12.2. The summed E-state index contributed by atoms with van der Waals surface area (Å²) in [4.78, 5) is 23.8. The molecule has 0 radical (unpaired) electrons. The van der Waals surface area contributed by atoms with Crippen molar-refractivity contribution in [2.75, 3.05) is 13.2 Å². The monoisotopic (exact) mass is 536 g/mol. The average molecular weight is 537 g/mol. The van der Waals surface area contributed by atoms with Crippen LogP contribution in [0, 0.1) is 0 Å². The summed E-state index contributed by atoms with van der Waals surface area (Å²) >= 11 is 1.50. The number of ether oxygens (including phenoxy) is 3. The molecule has 1 rings (SSSR count). The third-order valence-electron chi connectivity index (χ3n) is 7.15. The van der Waals surface area contributed by atoms with Crippen LogP contribution in [0.15, 0.2) is 0 Å². The lowest BCUT2D eigenvalue weighted by Gasteiger charge is -2.52. The van der Waals surface area contributed by atoms with Crippen molar-refractivity contribution in [2.24, 2.45) is 0 Å². The number of carbonyl (C=O) groups excluding carboxylic acids is 2. The number of hydrogen-bond acceptors (Lipinski definition) is 8. The molecule has 34 heavy (non-hydrogen) atoms. The summed E-state index contributed by atoms with van der Waals surface area (Å²) in [6.07, 6.45) is -1.61. The van der Waals surface area contributed by atoms with E-state index in [2.05, 4.69) is 67.7 Å². The first-order chi connectivity index (χ1) is 15.2. The normalized spacial score (nSPS) is 26.8. The van der Waals surface area contributed by atoms with Crippen LogP contribution in [0.25, 0.3) is 0 Å². The topological polar surface area (TPSA) is 80.3 Å². The van der Waals surface area contributed by atoms with E-state index in [1.165, 1.54) is 25.6 Å². The van der Waals surface area contributed by atoms with Gasteiger partial charge in [-0.1, -0.05) is 41.5 Å². The van der Waals surface area contributed by atoms with Crippen molar-refractivity contribution in [3.63, 3.8) is 0 Å². The minimum absolute atomic E-state index is 0.0263. The molecule has 1 aliphatic rings. The van der Waals surface area contributed by atoms with Crippen molar-refractivity contribution in [2.45, 2.75) is 128 Å². The highest BCUT2D eigenvalue weighted by atomic mass is 32.2. The van der Waals surface area contributed by atoms with E-state index in [0.29, 0.717) is 6.61 Å². The minimum Gasteiger partial charge on any atom is -0.465 e. The molecule has 0 aromatic rings. The summed E-state index contributed by atoms with van der Waals surface area (Å²) in [5, 5.41) is -0.424. The molecule has 5 atom stereocenters. The van der Waals surface area contributed by atoms with Crippen molar-refractivity contribution in [1.82, 2.24) is 0 Å². The highest BCUT2D eigenvalue weighted by Gasteiger charge is 2.55. The van der Waals surface area contributed by atoms with Crippen LogP contribution in [-0.2, 0) is 32.7 Å². The molecule has 1 heterocycles. The molecular weight excluding hydrogens is 488 g/mol. The number of hydrogen-bond donors (Lipinski definition) is 0. The molecule has 200 valence electrons. The lowest BCUT2D eigenvalue weighted by Crippen LogP contribution is -2.64. The smallest absolute Gasteiger partial charge is 0.303 e. The van der Waals surface area contributed by atoms with Crippen molar-refractivity contribution < 1.29 is 32.7 Å². The number of carbonyl (C=O) groups is 2. The van der Waals surface area contributed by atoms with E-state index in [9.17, 15) is 9.59 Å². The number of esters is 2. The summed E-state index contributed by atoms with van der Waals surface area (Å²) in [7, 11) is -4.54. The summed E-state index contributed by atoms with van der Waals surface area (Å²) in [5.74, 6) is -0.778. The van der Waals surface area contributed by atoms with Gasteiger partial charge in [0.25, 0.3) is 0 Å². The van der Waals surface area contributed by atoms with Gasteiger partial charge in [-0.25, -0.2) is 0 Å². The molecule has 0 aromatic heterocycles. The van der Waals surface area contributed by atoms with E-state index in [4.69, 9.17) is 23.1 Å². The molecule has 1 aliphatic heterocycles. The quantitative estimate of drug-likeness (QED) is 0.273. The highest BCUT2D eigenvalue weighted by molar-refractivity contribution is 8.00. The zero-order chi connectivity index (χ0) is 26.7. The third-order valence-corrected chi connectivity index (χ3v) is 17.5. The zero-order valence-corrected chi connectivity index (χ0v) is 26.4. The van der Waals surface area contributed by atoms with Crippen LogP contribution in [0.2, 0.25) is 36.3 Å². The van der Waals surface area contributed by atoms with Crippen LogP contribution in [0.5, 0.6) is 0 Å². The summed E-state index contributed by atoms with van der Waals surface area (Å²) in [6.45, 7) is 27.2. The fourth-order valence-corrected chi connectivity index (χ4v) is 7.27. The molecule has 0 saturated carbocycles. The minimum atomic E-state index is -2.30. The molecular formula is C24H48O7SSi2. The van der Waals surface area contributed by atoms with Gasteiger partial charge in [-0.15, -0.1) is 11.8 Å². The zero-order valence-electron chi connectivity index (χ0n) is 23.6. The predicted molar refractivity (Wildman–Crippen MR) is 143 cm³/mol. The Labute approximate surface area is 213 Å². The van der Waals surface area contributed by atoms with Crippen LogP contribution >= 0.6 is 11.8 Å². The van der Waals surface area contributed by atoms with E-state index < -0.39 is 40.9 Å². The van der Waals surface area contributed by atoms with E-state index >= 15 is 0 Å². The molecule has 0 amide bonds. The molecule has 0 bridgehead atoms. The molecule has 1 saturated heterocycles. The number of rotatable bonds is 9. The lowest BCUT2D eigenvalue weighted by atomic mass is 10.0. The summed E-state index contributed by atoms with van der Waals surface area (Å²) in [6, 6.07) is 0. The third kappa shape index (κ3) is 8.33. The Kier molecular flexibility index (Phi) is 10.9. The van der Waals surface area contributed by atoms with Gasteiger partial charge in [0.1, 0.15) is 30.4 Å². The maximum absolute atomic E-state index is 12.2. The first kappa shape index (κ1) is 31.6. The lowest BCUT2D eigenvalue weighted by molar-refractivity contribution is -0.162. The Morgan fingerprint density at radius 2 is 1.26 bits per heavy atom. The molecule has 7 nitrogen and oxygen atoms in total. The Balaban J connectivity index is 3.61. The van der Waals surface area contributed by atoms with Gasteiger partial charge < -0.3 is 23.1 Å². The fourth-order valence-electron chi connectivity index (χ4n) is 3.14. The van der Waals surface area contributed by atoms with Gasteiger partial charge in [-0.3, -0.25) is 9.59 Å². The number of thioether (sulfide) groups is 1. The van der Waals surface area contributed by atoms with E-state index in [0.717, 1.165) is 0 Å². The predicted octanol–water partition coefficient (Wildman–Crippen LogP) is 5.74. The standard InChI is InChI=1S/C24H48O7SSi2/c1-14-27-22-21(31-34(12,13)24(7,8)9)20(30-33(10,11)23(4,5)6)19(29-17(3)26)18(32-22)15-28-16(2)25/h18-22H,14-15H2,1-13H3/t18-,19-,20+,21-,22?/m1/s1. The first-order valence-electron chi connectivity index (χ1n) is 12.2. The van der Waals surface area contributed by atoms with Gasteiger partial charge in [-0.05, 0) is 43.2 Å². The second kappa shape index (κ2) is 11.8. The van der Waals surface area contributed by atoms with Crippen molar-refractivity contribution in [1.29, 1.82) is 0 Å². The van der Waals surface area contributed by atoms with Crippen LogP contribution in [0.3, 0.4) is 0 Å². The summed E-state index contributed by atoms with van der Waals surface area (Å²) in [5.41, 5.74) is -0.346. The molecule has 0 aromatic carbocycles. The average Bonchev–Trinajstić information content (AvgIpc) is 2.62. The Hall–Kier alpha value is -0.396. The molecule has 1 fully saturated rings. The van der Waals surface area contributed by atoms with Crippen molar-refractivity contribution >= 4 is 40.3 Å². The largest absolute Gasteiger partial charge is 0.465 e. The maximum Gasteiger partial charge on any atom is 0.303 e. The highest BCUT2D eigenvalue weighted by Crippen LogP contribution is 2.46. The second-order valence-corrected chi connectivity index (χ2v) is 22.9. The van der Waals surface area contributed by atoms with Gasteiger partial charge >= 0.3 is 11.9 Å². The van der Waals surface area contributed by atoms with Gasteiger partial charge in [-0.2, -0.15) is 0 Å². The van der Waals surface area contributed by atoms with Gasteiger partial charge in [0.15, 0.2) is 16.6 Å². The molecule has 1 unspecified atom stereocenters. The molecule has 0 aliphatic carbocycles. The van der Waals surface area contributed by atoms with Crippen LogP contribution in [0.1, 0.15) is 62.3 Å². The second-order valence-electron chi connectivity index (χ2n) is 12.1. The van der Waals surface area contributed by atoms with Crippen LogP contribution in [0.4, 0.5) is 0 Å². The Morgan fingerprint density at radius 1 is 0.794 bits per heavy atom. The van der Waals surface area contributed by atoms with Crippen molar-refractivity contribution in [3.05, 3.63) is 0 Å². The van der Waals surface area contributed by atoms with E-state index in [1.807, 2.05) is 6.92 Å². The Morgan fingerprint density at radius 3 is 1.65 bits per heavy atom. The van der Waals surface area contributed by atoms with Crippen LogP contribution in [-0.4, -0.2) is 70.8 Å². The SMILES string of the molecule is CCOC1S[C@H](COC(C)=O)[C@@H](OC(C)=O)[C@H](O[Si](C)(C)C(C)(C)C)[C@H]1O[Si](C)(C)C(C)(C)C. The Bertz CT molecular complexity index is 700. The van der Waals surface area contributed by atoms with Crippen LogP contribution < -0.4 is 0 Å². The van der Waals surface area contributed by atoms with E-state index in [1.54, 1.807) is 0 Å². The van der Waals surface area contributed by atoms with Crippen molar-refractivity contribution in [3.8, 4) is 0 Å². The first-order valence-corrected chi connectivity index (χ1v) is 18.9. The van der Waals surface area contributed by atoms with E-state index in [-0.39, 0.29) is 33.3 Å². The van der Waals surface area contributed by atoms with Gasteiger partial charge in [0, 0.05) is 20.5 Å². The van der Waals surface area contributed by atoms with Gasteiger partial charge in [0.2, 0.25) is 0 Å². The molecule has 10 heteroatoms. The van der Waals surface area contributed by atoms with Gasteiger partial charge in [0.05, 0.1) is 5.25 Å². The fraction of sp³-hybridized carbons (Fsp3) is 0.917.